The van der Waals surface area contributed by atoms with E-state index in [2.05, 4.69) is 15.0 Å². The number of nitrogens with zero attached hydrogens (tertiary/aromatic N) is 2. The van der Waals surface area contributed by atoms with Gasteiger partial charge in [0.25, 0.3) is 0 Å². The van der Waals surface area contributed by atoms with Crippen molar-refractivity contribution < 1.29 is 13.2 Å². The molecule has 8 heteroatoms. The molecule has 0 bridgehead atoms. The third-order valence-corrected chi connectivity index (χ3v) is 5.60. The lowest BCUT2D eigenvalue weighted by Crippen LogP contribution is -2.39. The first-order valence-corrected chi connectivity index (χ1v) is 10.1. The molecule has 0 saturated heterocycles. The highest BCUT2D eigenvalue weighted by atomic mass is 32.2. The Morgan fingerprint density at radius 3 is 2.85 bits per heavy atom. The van der Waals surface area contributed by atoms with Gasteiger partial charge in [0.05, 0.1) is 17.1 Å². The van der Waals surface area contributed by atoms with Crippen LogP contribution in [0.4, 0.5) is 10.5 Å². The molecule has 26 heavy (non-hydrogen) atoms. The van der Waals surface area contributed by atoms with Gasteiger partial charge in [0.2, 0.25) is 10.0 Å². The van der Waals surface area contributed by atoms with E-state index in [1.807, 2.05) is 13.0 Å². The minimum absolute atomic E-state index is 0.131. The summed E-state index contributed by atoms with van der Waals surface area (Å²) in [6.45, 7) is 3.30. The molecule has 1 aromatic heterocycles. The molecular weight excluding hydrogens is 352 g/mol. The molecule has 2 heterocycles. The number of sulfonamides is 1. The third-order valence-electron chi connectivity index (χ3n) is 4.20. The van der Waals surface area contributed by atoms with Crippen molar-refractivity contribution in [2.45, 2.75) is 31.2 Å². The van der Waals surface area contributed by atoms with E-state index >= 15 is 0 Å². The van der Waals surface area contributed by atoms with Gasteiger partial charge in [-0.05, 0) is 48.7 Å². The van der Waals surface area contributed by atoms with E-state index in [0.717, 1.165) is 17.7 Å². The fourth-order valence-electron chi connectivity index (χ4n) is 2.84. The van der Waals surface area contributed by atoms with Crippen molar-refractivity contribution in [2.75, 3.05) is 18.0 Å². The summed E-state index contributed by atoms with van der Waals surface area (Å²) < 4.78 is 27.6. The molecule has 3 rings (SSSR count). The molecule has 1 aromatic carbocycles. The summed E-state index contributed by atoms with van der Waals surface area (Å²) in [5.74, 6) is 0. The molecular formula is C18H22N4O3S. The number of fused-ring (bicyclic) bond motifs is 1. The van der Waals surface area contributed by atoms with Gasteiger partial charge in [-0.3, -0.25) is 9.88 Å². The van der Waals surface area contributed by atoms with Gasteiger partial charge in [0.1, 0.15) is 0 Å². The Hall–Kier alpha value is -2.45. The van der Waals surface area contributed by atoms with Crippen LogP contribution in [0, 0.1) is 0 Å². The van der Waals surface area contributed by atoms with Crippen molar-refractivity contribution in [3.63, 3.8) is 0 Å². The summed E-state index contributed by atoms with van der Waals surface area (Å²) in [7, 11) is -3.64. The molecule has 138 valence electrons. The number of aromatic nitrogens is 1. The summed E-state index contributed by atoms with van der Waals surface area (Å²) >= 11 is 0. The van der Waals surface area contributed by atoms with Crippen LogP contribution in [0.1, 0.15) is 24.6 Å². The van der Waals surface area contributed by atoms with Crippen LogP contribution in [0.3, 0.4) is 0 Å². The number of pyridine rings is 1. The number of hydrogen-bond donors (Lipinski definition) is 2. The predicted molar refractivity (Wildman–Crippen MR) is 99.4 cm³/mol. The van der Waals surface area contributed by atoms with Crippen molar-refractivity contribution in [1.29, 1.82) is 0 Å². The summed E-state index contributed by atoms with van der Waals surface area (Å²) in [6.07, 6.45) is 3.13. The lowest BCUT2D eigenvalue weighted by Gasteiger charge is -2.18. The normalized spacial score (nSPS) is 13.5. The molecule has 1 aliphatic heterocycles. The fourth-order valence-corrected chi connectivity index (χ4v) is 3.89. The van der Waals surface area contributed by atoms with Crippen LogP contribution in [0.25, 0.3) is 0 Å². The minimum Gasteiger partial charge on any atom is -0.338 e. The molecule has 7 nitrogen and oxygen atoms in total. The molecule has 2 aromatic rings. The molecule has 0 unspecified atom stereocenters. The van der Waals surface area contributed by atoms with Crippen molar-refractivity contribution in [1.82, 2.24) is 15.0 Å². The molecule has 0 radical (unpaired) electrons. The second-order valence-electron chi connectivity index (χ2n) is 6.07. The van der Waals surface area contributed by atoms with Crippen molar-refractivity contribution in [2.24, 2.45) is 0 Å². The quantitative estimate of drug-likeness (QED) is 0.809. The van der Waals surface area contributed by atoms with Crippen LogP contribution in [-0.2, 0) is 23.0 Å². The Labute approximate surface area is 153 Å². The first-order chi connectivity index (χ1) is 12.5. The lowest BCUT2D eigenvalue weighted by atomic mass is 10.2. The lowest BCUT2D eigenvalue weighted by molar-refractivity contribution is 0.247. The van der Waals surface area contributed by atoms with Crippen molar-refractivity contribution >= 4 is 21.7 Å². The maximum Gasteiger partial charge on any atom is 0.321 e. The highest BCUT2D eigenvalue weighted by Gasteiger charge is 2.26. The molecule has 0 aliphatic carbocycles. The number of hydrogen-bond acceptors (Lipinski definition) is 4. The molecule has 0 atom stereocenters. The SMILES string of the molecule is CCCNC(=O)N1CCc2cc(S(=O)(=O)NCc3ccccn3)ccc21. The number of carbonyl (C=O) groups is 1. The molecule has 0 saturated carbocycles. The van der Waals surface area contributed by atoms with Crippen LogP contribution >= 0.6 is 0 Å². The van der Waals surface area contributed by atoms with E-state index in [4.69, 9.17) is 0 Å². The average molecular weight is 374 g/mol. The summed E-state index contributed by atoms with van der Waals surface area (Å²) in [4.78, 5) is 18.1. The maximum absolute atomic E-state index is 12.5. The van der Waals surface area contributed by atoms with Gasteiger partial charge < -0.3 is 5.32 Å². The summed E-state index contributed by atoms with van der Waals surface area (Å²) in [5.41, 5.74) is 2.27. The number of rotatable bonds is 6. The van der Waals surface area contributed by atoms with Crippen LogP contribution in [0.2, 0.25) is 0 Å². The van der Waals surface area contributed by atoms with Gasteiger partial charge in [-0.1, -0.05) is 13.0 Å². The molecule has 0 fully saturated rings. The van der Waals surface area contributed by atoms with Gasteiger partial charge in [0.15, 0.2) is 0 Å². The number of carbonyl (C=O) groups excluding carboxylic acids is 1. The highest BCUT2D eigenvalue weighted by Crippen LogP contribution is 2.30. The van der Waals surface area contributed by atoms with E-state index in [9.17, 15) is 13.2 Å². The first kappa shape index (κ1) is 18.3. The zero-order valence-corrected chi connectivity index (χ0v) is 15.4. The standard InChI is InChI=1S/C18H22N4O3S/c1-2-9-20-18(23)22-11-8-14-12-16(6-7-17(14)22)26(24,25)21-13-15-5-3-4-10-19-15/h3-7,10,12,21H,2,8-9,11,13H2,1H3,(H,20,23). The number of urea groups is 1. The minimum atomic E-state index is -3.64. The zero-order chi connectivity index (χ0) is 18.6. The van der Waals surface area contributed by atoms with Crippen LogP contribution in [0.15, 0.2) is 47.5 Å². The maximum atomic E-state index is 12.5. The van der Waals surface area contributed by atoms with E-state index in [-0.39, 0.29) is 17.5 Å². The van der Waals surface area contributed by atoms with E-state index in [1.54, 1.807) is 35.4 Å². The number of amides is 2. The first-order valence-electron chi connectivity index (χ1n) is 8.59. The molecule has 2 amide bonds. The third kappa shape index (κ3) is 4.03. The van der Waals surface area contributed by atoms with Crippen LogP contribution in [-0.4, -0.2) is 32.5 Å². The number of anilines is 1. The van der Waals surface area contributed by atoms with Crippen molar-refractivity contribution in [3.8, 4) is 0 Å². The zero-order valence-electron chi connectivity index (χ0n) is 14.6. The molecule has 0 spiro atoms. The Balaban J connectivity index is 1.73. The van der Waals surface area contributed by atoms with Crippen LogP contribution < -0.4 is 14.9 Å². The van der Waals surface area contributed by atoms with Gasteiger partial charge in [0, 0.05) is 25.0 Å². The van der Waals surface area contributed by atoms with E-state index in [1.165, 1.54) is 6.07 Å². The fraction of sp³-hybridized carbons (Fsp3) is 0.333. The smallest absolute Gasteiger partial charge is 0.321 e. The largest absolute Gasteiger partial charge is 0.338 e. The van der Waals surface area contributed by atoms with E-state index in [0.29, 0.717) is 25.2 Å². The Kier molecular flexibility index (Phi) is 5.53. The highest BCUT2D eigenvalue weighted by molar-refractivity contribution is 7.89. The average Bonchev–Trinajstić information content (AvgIpc) is 3.09. The van der Waals surface area contributed by atoms with E-state index < -0.39 is 10.0 Å². The molecule has 1 aliphatic rings. The van der Waals surface area contributed by atoms with Gasteiger partial charge in [-0.15, -0.1) is 0 Å². The number of nitrogens with one attached hydrogen (secondary N) is 2. The summed E-state index contributed by atoms with van der Waals surface area (Å²) in [6, 6.07) is 10.1. The Bertz CT molecular complexity index is 885. The number of benzene rings is 1. The van der Waals surface area contributed by atoms with Gasteiger partial charge >= 0.3 is 6.03 Å². The second kappa shape index (κ2) is 7.84. The van der Waals surface area contributed by atoms with Gasteiger partial charge in [-0.2, -0.15) is 0 Å². The topological polar surface area (TPSA) is 91.4 Å². The Morgan fingerprint density at radius 2 is 2.12 bits per heavy atom. The van der Waals surface area contributed by atoms with Crippen LogP contribution in [0.5, 0.6) is 0 Å². The Morgan fingerprint density at radius 1 is 1.27 bits per heavy atom. The predicted octanol–water partition coefficient (Wildman–Crippen LogP) is 2.04. The monoisotopic (exact) mass is 374 g/mol. The summed E-state index contributed by atoms with van der Waals surface area (Å²) in [5, 5.41) is 2.85. The second-order valence-corrected chi connectivity index (χ2v) is 7.84. The van der Waals surface area contributed by atoms with Crippen molar-refractivity contribution in [3.05, 3.63) is 53.9 Å². The molecule has 2 N–H and O–H groups in total. The van der Waals surface area contributed by atoms with Gasteiger partial charge in [-0.25, -0.2) is 17.9 Å².